The van der Waals surface area contributed by atoms with Crippen molar-refractivity contribution in [2.45, 2.75) is 58.4 Å². The maximum atomic E-state index is 6.37. The van der Waals surface area contributed by atoms with E-state index in [1.165, 1.54) is 53.9 Å². The predicted octanol–water partition coefficient (Wildman–Crippen LogP) is 6.08. The van der Waals surface area contributed by atoms with Gasteiger partial charge in [0, 0.05) is 21.8 Å². The Bertz CT molecular complexity index is 811. The summed E-state index contributed by atoms with van der Waals surface area (Å²) in [6.45, 7) is 6.95. The van der Waals surface area contributed by atoms with Crippen LogP contribution in [0.4, 0.5) is 5.69 Å². The quantitative estimate of drug-likeness (QED) is 0.434. The van der Waals surface area contributed by atoms with Gasteiger partial charge < -0.3 is 10.3 Å². The molecule has 2 aromatic carbocycles. The van der Waals surface area contributed by atoms with E-state index in [9.17, 15) is 0 Å². The van der Waals surface area contributed by atoms with Crippen LogP contribution in [0.15, 0.2) is 42.5 Å². The van der Waals surface area contributed by atoms with Gasteiger partial charge in [-0.15, -0.1) is 0 Å². The molecule has 0 spiro atoms. The molecule has 23 heavy (non-hydrogen) atoms. The van der Waals surface area contributed by atoms with E-state index in [4.69, 9.17) is 5.73 Å². The summed E-state index contributed by atoms with van der Waals surface area (Å²) in [5.74, 6) is 0. The molecule has 0 radical (unpaired) electrons. The highest BCUT2D eigenvalue weighted by atomic mass is 15.1. The van der Waals surface area contributed by atoms with Crippen molar-refractivity contribution in [2.24, 2.45) is 0 Å². The number of hydrogen-bond donors (Lipinski definition) is 1. The lowest BCUT2D eigenvalue weighted by Gasteiger charge is -2.30. The number of hydrogen-bond acceptors (Lipinski definition) is 1. The van der Waals surface area contributed by atoms with Crippen LogP contribution in [0.3, 0.4) is 0 Å². The zero-order valence-electron chi connectivity index (χ0n) is 14.6. The Balaban J connectivity index is 2.14. The standard InChI is InChI=1S/C21H28N2/c1-4-5-6-9-15-21(2,3)23-19-14-8-7-11-16(19)17-12-10-13-18(22)20(17)23/h7-8,10-14H,4-6,9,15,22H2,1-3H3. The number of aromatic nitrogens is 1. The third kappa shape index (κ3) is 2.83. The van der Waals surface area contributed by atoms with Crippen LogP contribution in [0.5, 0.6) is 0 Å². The van der Waals surface area contributed by atoms with Crippen molar-refractivity contribution in [3.05, 3.63) is 42.5 Å². The van der Waals surface area contributed by atoms with Gasteiger partial charge in [-0.2, -0.15) is 0 Å². The van der Waals surface area contributed by atoms with E-state index in [0.717, 1.165) is 5.69 Å². The summed E-state index contributed by atoms with van der Waals surface area (Å²) in [7, 11) is 0. The van der Waals surface area contributed by atoms with E-state index >= 15 is 0 Å². The van der Waals surface area contributed by atoms with Gasteiger partial charge in [-0.25, -0.2) is 0 Å². The maximum Gasteiger partial charge on any atom is 0.0730 e. The lowest BCUT2D eigenvalue weighted by atomic mass is 9.95. The molecule has 0 bridgehead atoms. The highest BCUT2D eigenvalue weighted by Crippen LogP contribution is 2.38. The topological polar surface area (TPSA) is 30.9 Å². The third-order valence-corrected chi connectivity index (χ3v) is 4.97. The number of nitrogens with zero attached hydrogens (tertiary/aromatic N) is 1. The first-order valence-corrected chi connectivity index (χ1v) is 8.84. The third-order valence-electron chi connectivity index (χ3n) is 4.97. The number of nitrogens with two attached hydrogens (primary N) is 1. The average Bonchev–Trinajstić information content (AvgIpc) is 2.89. The minimum absolute atomic E-state index is 0.0601. The fourth-order valence-electron chi connectivity index (χ4n) is 3.77. The fraction of sp³-hybridized carbons (Fsp3) is 0.429. The van der Waals surface area contributed by atoms with Crippen LogP contribution in [0.25, 0.3) is 21.8 Å². The van der Waals surface area contributed by atoms with Gasteiger partial charge in [0.15, 0.2) is 0 Å². The summed E-state index contributed by atoms with van der Waals surface area (Å²) < 4.78 is 2.47. The second-order valence-electron chi connectivity index (χ2n) is 7.22. The first-order chi connectivity index (χ1) is 11.1. The predicted molar refractivity (Wildman–Crippen MR) is 102 cm³/mol. The zero-order chi connectivity index (χ0) is 16.4. The Morgan fingerprint density at radius 3 is 2.43 bits per heavy atom. The van der Waals surface area contributed by atoms with Crippen molar-refractivity contribution in [3.63, 3.8) is 0 Å². The van der Waals surface area contributed by atoms with Crippen molar-refractivity contribution in [3.8, 4) is 0 Å². The smallest absolute Gasteiger partial charge is 0.0730 e. The number of nitrogen functional groups attached to an aromatic ring is 1. The molecule has 0 saturated carbocycles. The van der Waals surface area contributed by atoms with Crippen molar-refractivity contribution in [2.75, 3.05) is 5.73 Å². The Morgan fingerprint density at radius 2 is 1.65 bits per heavy atom. The van der Waals surface area contributed by atoms with Crippen molar-refractivity contribution in [1.82, 2.24) is 4.57 Å². The van der Waals surface area contributed by atoms with E-state index < -0.39 is 0 Å². The van der Waals surface area contributed by atoms with Gasteiger partial charge in [-0.05, 0) is 32.4 Å². The Hall–Kier alpha value is -1.96. The van der Waals surface area contributed by atoms with Gasteiger partial charge >= 0.3 is 0 Å². The van der Waals surface area contributed by atoms with Crippen molar-refractivity contribution in [1.29, 1.82) is 0 Å². The maximum absolute atomic E-state index is 6.37. The van der Waals surface area contributed by atoms with E-state index in [0.29, 0.717) is 0 Å². The molecule has 2 heteroatoms. The van der Waals surface area contributed by atoms with E-state index in [-0.39, 0.29) is 5.54 Å². The monoisotopic (exact) mass is 308 g/mol. The molecule has 1 heterocycles. The average molecular weight is 308 g/mol. The van der Waals surface area contributed by atoms with Crippen molar-refractivity contribution < 1.29 is 0 Å². The molecule has 0 aliphatic rings. The Labute approximate surface area is 139 Å². The highest BCUT2D eigenvalue weighted by Gasteiger charge is 2.25. The molecular weight excluding hydrogens is 280 g/mol. The number of anilines is 1. The van der Waals surface area contributed by atoms with Crippen molar-refractivity contribution >= 4 is 27.5 Å². The second-order valence-corrected chi connectivity index (χ2v) is 7.22. The summed E-state index contributed by atoms with van der Waals surface area (Å²) in [5, 5.41) is 2.57. The lowest BCUT2D eigenvalue weighted by molar-refractivity contribution is 0.332. The lowest BCUT2D eigenvalue weighted by Crippen LogP contribution is -2.26. The summed E-state index contributed by atoms with van der Waals surface area (Å²) >= 11 is 0. The van der Waals surface area contributed by atoms with Gasteiger partial charge in [0.05, 0.1) is 11.2 Å². The zero-order valence-corrected chi connectivity index (χ0v) is 14.6. The van der Waals surface area contributed by atoms with Crippen LogP contribution >= 0.6 is 0 Å². The van der Waals surface area contributed by atoms with E-state index in [1.807, 2.05) is 6.07 Å². The summed E-state index contributed by atoms with van der Waals surface area (Å²) in [5.41, 5.74) is 9.79. The van der Waals surface area contributed by atoms with Crippen LogP contribution < -0.4 is 5.73 Å². The van der Waals surface area contributed by atoms with Crippen LogP contribution in [-0.2, 0) is 5.54 Å². The van der Waals surface area contributed by atoms with Gasteiger partial charge in [0.25, 0.3) is 0 Å². The molecule has 0 amide bonds. The second kappa shape index (κ2) is 6.27. The fourth-order valence-corrected chi connectivity index (χ4v) is 3.77. The Morgan fingerprint density at radius 1 is 0.913 bits per heavy atom. The van der Waals surface area contributed by atoms with Crippen LogP contribution in [0, 0.1) is 0 Å². The number of unbranched alkanes of at least 4 members (excludes halogenated alkanes) is 3. The largest absolute Gasteiger partial charge is 0.397 e. The molecule has 0 saturated heterocycles. The molecule has 3 aromatic rings. The molecule has 2 N–H and O–H groups in total. The Kier molecular flexibility index (Phi) is 4.34. The summed E-state index contributed by atoms with van der Waals surface area (Å²) in [6.07, 6.45) is 6.36. The van der Waals surface area contributed by atoms with E-state index in [1.54, 1.807) is 0 Å². The van der Waals surface area contributed by atoms with Gasteiger partial charge in [0.1, 0.15) is 0 Å². The molecule has 1 aromatic heterocycles. The first-order valence-electron chi connectivity index (χ1n) is 8.84. The molecule has 2 nitrogen and oxygen atoms in total. The van der Waals surface area contributed by atoms with Crippen LogP contribution in [-0.4, -0.2) is 4.57 Å². The summed E-state index contributed by atoms with van der Waals surface area (Å²) in [6, 6.07) is 14.9. The SMILES string of the molecule is CCCCCCC(C)(C)n1c2ccccc2c2cccc(N)c21. The molecule has 0 aliphatic carbocycles. The summed E-state index contributed by atoms with van der Waals surface area (Å²) in [4.78, 5) is 0. The minimum Gasteiger partial charge on any atom is -0.397 e. The number of para-hydroxylation sites is 2. The van der Waals surface area contributed by atoms with Gasteiger partial charge in [-0.3, -0.25) is 0 Å². The molecule has 0 aliphatic heterocycles. The first kappa shape index (κ1) is 15.9. The molecule has 0 unspecified atom stereocenters. The van der Waals surface area contributed by atoms with E-state index in [2.05, 4.69) is 61.7 Å². The molecule has 0 fully saturated rings. The van der Waals surface area contributed by atoms with Crippen LogP contribution in [0.2, 0.25) is 0 Å². The minimum atomic E-state index is 0.0601. The normalized spacial score (nSPS) is 12.3. The van der Waals surface area contributed by atoms with Gasteiger partial charge in [-0.1, -0.05) is 62.9 Å². The number of benzene rings is 2. The molecule has 0 atom stereocenters. The molecule has 3 rings (SSSR count). The molecule has 122 valence electrons. The number of rotatable bonds is 6. The van der Waals surface area contributed by atoms with Crippen LogP contribution in [0.1, 0.15) is 52.9 Å². The van der Waals surface area contributed by atoms with Gasteiger partial charge in [0.2, 0.25) is 0 Å². The number of fused-ring (bicyclic) bond motifs is 3. The highest BCUT2D eigenvalue weighted by molar-refractivity contribution is 6.11. The molecular formula is C21H28N2.